The summed E-state index contributed by atoms with van der Waals surface area (Å²) in [6.45, 7) is 14.9. The lowest BCUT2D eigenvalue weighted by atomic mass is 9.91. The Morgan fingerprint density at radius 2 is 1.95 bits per heavy atom. The van der Waals surface area contributed by atoms with Gasteiger partial charge in [-0.05, 0) is 63.8 Å². The van der Waals surface area contributed by atoms with Crippen LogP contribution in [0, 0.1) is 20.8 Å². The van der Waals surface area contributed by atoms with Crippen molar-refractivity contribution in [3.8, 4) is 0 Å². The first-order valence-corrected chi connectivity index (χ1v) is 7.77. The van der Waals surface area contributed by atoms with Crippen LogP contribution in [0.4, 0.5) is 0 Å². The van der Waals surface area contributed by atoms with E-state index in [9.17, 15) is 4.79 Å². The maximum Gasteiger partial charge on any atom is 0.160 e. The molecule has 0 bridgehead atoms. The third-order valence-electron chi connectivity index (χ3n) is 4.58. The molecule has 0 spiro atoms. The van der Waals surface area contributed by atoms with Crippen molar-refractivity contribution in [2.24, 2.45) is 0 Å². The molecule has 1 heterocycles. The number of rotatable bonds is 3. The molecule has 1 saturated heterocycles. The molecule has 0 saturated carbocycles. The molecule has 1 fully saturated rings. The van der Waals surface area contributed by atoms with Gasteiger partial charge < -0.3 is 4.74 Å². The zero-order chi connectivity index (χ0) is 15.7. The second kappa shape index (κ2) is 6.29. The van der Waals surface area contributed by atoms with Crippen LogP contribution in [-0.2, 0) is 11.3 Å². The number of carbonyl (C=O) groups is 1. The zero-order valence-electron chi connectivity index (χ0n) is 14.1. The van der Waals surface area contributed by atoms with Crippen molar-refractivity contribution < 1.29 is 9.53 Å². The normalized spacial score (nSPS) is 23.3. The number of carbonyl (C=O) groups excluding carboxylic acids is 1. The highest BCUT2D eigenvalue weighted by molar-refractivity contribution is 5.97. The molecule has 2 rings (SSSR count). The molecule has 1 aliphatic rings. The molecule has 0 aromatic heterocycles. The van der Waals surface area contributed by atoms with E-state index in [-0.39, 0.29) is 11.9 Å². The second-order valence-electron chi connectivity index (χ2n) is 6.47. The standard InChI is InChI=1S/C18H27NO2/c1-11-7-12(2)18(16(6)20)15(5)17(11)9-19-8-14(4)21-10-13(19)3/h7,13-14H,8-10H2,1-6H3. The van der Waals surface area contributed by atoms with E-state index < -0.39 is 0 Å². The molecule has 0 N–H and O–H groups in total. The van der Waals surface area contributed by atoms with Gasteiger partial charge in [-0.3, -0.25) is 9.69 Å². The summed E-state index contributed by atoms with van der Waals surface area (Å²) in [6.07, 6.45) is 0.277. The third-order valence-corrected chi connectivity index (χ3v) is 4.58. The number of hydrogen-bond acceptors (Lipinski definition) is 3. The molecule has 2 atom stereocenters. The Hall–Kier alpha value is -1.19. The van der Waals surface area contributed by atoms with Gasteiger partial charge in [0, 0.05) is 24.7 Å². The number of hydrogen-bond donors (Lipinski definition) is 0. The van der Waals surface area contributed by atoms with E-state index in [1.54, 1.807) is 6.92 Å². The van der Waals surface area contributed by atoms with E-state index in [1.807, 2.05) is 6.92 Å². The molecule has 3 nitrogen and oxygen atoms in total. The SMILES string of the molecule is CC(=O)c1c(C)cc(C)c(CN2CC(C)OCC2C)c1C. The van der Waals surface area contributed by atoms with Gasteiger partial charge in [0.25, 0.3) is 0 Å². The first kappa shape index (κ1) is 16.2. The summed E-state index contributed by atoms with van der Waals surface area (Å²) in [4.78, 5) is 14.4. The van der Waals surface area contributed by atoms with Crippen LogP contribution in [0.2, 0.25) is 0 Å². The predicted octanol–water partition coefficient (Wildman–Crippen LogP) is 3.42. The maximum atomic E-state index is 11.9. The van der Waals surface area contributed by atoms with E-state index in [0.717, 1.165) is 36.4 Å². The molecule has 0 aliphatic carbocycles. The van der Waals surface area contributed by atoms with Gasteiger partial charge in [-0.25, -0.2) is 0 Å². The van der Waals surface area contributed by atoms with Crippen molar-refractivity contribution in [3.05, 3.63) is 33.9 Å². The van der Waals surface area contributed by atoms with Gasteiger partial charge in [-0.15, -0.1) is 0 Å². The minimum absolute atomic E-state index is 0.162. The van der Waals surface area contributed by atoms with Crippen molar-refractivity contribution >= 4 is 5.78 Å². The lowest BCUT2D eigenvalue weighted by Gasteiger charge is -2.37. The van der Waals surface area contributed by atoms with E-state index in [0.29, 0.717) is 6.04 Å². The zero-order valence-corrected chi connectivity index (χ0v) is 14.1. The highest BCUT2D eigenvalue weighted by atomic mass is 16.5. The number of nitrogens with zero attached hydrogens (tertiary/aromatic N) is 1. The minimum Gasteiger partial charge on any atom is -0.376 e. The van der Waals surface area contributed by atoms with Crippen LogP contribution in [0.25, 0.3) is 0 Å². The molecule has 3 heteroatoms. The Morgan fingerprint density at radius 3 is 2.57 bits per heavy atom. The van der Waals surface area contributed by atoms with Crippen LogP contribution >= 0.6 is 0 Å². The first-order valence-electron chi connectivity index (χ1n) is 7.77. The Bertz CT molecular complexity index is 551. The van der Waals surface area contributed by atoms with Gasteiger partial charge in [-0.1, -0.05) is 6.07 Å². The summed E-state index contributed by atoms with van der Waals surface area (Å²) >= 11 is 0. The second-order valence-corrected chi connectivity index (χ2v) is 6.47. The van der Waals surface area contributed by atoms with Gasteiger partial charge in [0.15, 0.2) is 5.78 Å². The summed E-state index contributed by atoms with van der Waals surface area (Å²) in [7, 11) is 0. The van der Waals surface area contributed by atoms with Gasteiger partial charge in [-0.2, -0.15) is 0 Å². The van der Waals surface area contributed by atoms with Gasteiger partial charge in [0.1, 0.15) is 0 Å². The van der Waals surface area contributed by atoms with Gasteiger partial charge in [0.2, 0.25) is 0 Å². The molecular formula is C18H27NO2. The average Bonchev–Trinajstić information content (AvgIpc) is 2.37. The van der Waals surface area contributed by atoms with Crippen molar-refractivity contribution in [2.75, 3.05) is 13.2 Å². The van der Waals surface area contributed by atoms with Crippen molar-refractivity contribution in [1.29, 1.82) is 0 Å². The van der Waals surface area contributed by atoms with Crippen LogP contribution < -0.4 is 0 Å². The molecule has 1 aromatic carbocycles. The van der Waals surface area contributed by atoms with Crippen LogP contribution in [0.5, 0.6) is 0 Å². The summed E-state index contributed by atoms with van der Waals surface area (Å²) in [5.74, 6) is 0.162. The highest BCUT2D eigenvalue weighted by Gasteiger charge is 2.25. The molecule has 0 radical (unpaired) electrons. The number of aryl methyl sites for hydroxylation is 2. The summed E-state index contributed by atoms with van der Waals surface area (Å²) in [5.41, 5.74) is 5.70. The fraction of sp³-hybridized carbons (Fsp3) is 0.611. The fourth-order valence-electron chi connectivity index (χ4n) is 3.41. The summed E-state index contributed by atoms with van der Waals surface area (Å²) in [6, 6.07) is 2.57. The van der Waals surface area contributed by atoms with Crippen LogP contribution in [-0.4, -0.2) is 36.0 Å². The summed E-state index contributed by atoms with van der Waals surface area (Å²) in [5, 5.41) is 0. The molecule has 116 valence electrons. The van der Waals surface area contributed by atoms with E-state index in [2.05, 4.69) is 38.7 Å². The summed E-state index contributed by atoms with van der Waals surface area (Å²) < 4.78 is 5.70. The number of morpholine rings is 1. The molecule has 1 aliphatic heterocycles. The van der Waals surface area contributed by atoms with E-state index in [1.165, 1.54) is 11.1 Å². The number of Topliss-reactive ketones (excluding diaryl/α,β-unsaturated/α-hetero) is 1. The predicted molar refractivity (Wildman–Crippen MR) is 85.9 cm³/mol. The molecule has 2 unspecified atom stereocenters. The van der Waals surface area contributed by atoms with Crippen molar-refractivity contribution in [2.45, 2.75) is 60.2 Å². The van der Waals surface area contributed by atoms with Gasteiger partial charge >= 0.3 is 0 Å². The Morgan fingerprint density at radius 1 is 1.29 bits per heavy atom. The number of ether oxygens (including phenoxy) is 1. The lowest BCUT2D eigenvalue weighted by molar-refractivity contribution is -0.0527. The molecular weight excluding hydrogens is 262 g/mol. The molecule has 0 amide bonds. The van der Waals surface area contributed by atoms with Gasteiger partial charge in [0.05, 0.1) is 12.7 Å². The minimum atomic E-state index is 0.162. The van der Waals surface area contributed by atoms with Crippen LogP contribution in [0.3, 0.4) is 0 Å². The highest BCUT2D eigenvalue weighted by Crippen LogP contribution is 2.26. The van der Waals surface area contributed by atoms with Crippen molar-refractivity contribution in [1.82, 2.24) is 4.90 Å². The first-order chi connectivity index (χ1) is 9.81. The Kier molecular flexibility index (Phi) is 4.84. The average molecular weight is 289 g/mol. The number of benzene rings is 1. The smallest absolute Gasteiger partial charge is 0.160 e. The topological polar surface area (TPSA) is 29.5 Å². The number of ketones is 1. The van der Waals surface area contributed by atoms with E-state index in [4.69, 9.17) is 4.74 Å². The monoisotopic (exact) mass is 289 g/mol. The quantitative estimate of drug-likeness (QED) is 0.799. The molecule has 1 aromatic rings. The molecule has 21 heavy (non-hydrogen) atoms. The Balaban J connectivity index is 2.35. The third kappa shape index (κ3) is 3.35. The fourth-order valence-corrected chi connectivity index (χ4v) is 3.41. The lowest BCUT2D eigenvalue weighted by Crippen LogP contribution is -2.46. The van der Waals surface area contributed by atoms with Crippen LogP contribution in [0.15, 0.2) is 6.07 Å². The maximum absolute atomic E-state index is 11.9. The van der Waals surface area contributed by atoms with E-state index >= 15 is 0 Å². The largest absolute Gasteiger partial charge is 0.376 e. The van der Waals surface area contributed by atoms with Crippen molar-refractivity contribution in [3.63, 3.8) is 0 Å². The van der Waals surface area contributed by atoms with Crippen LogP contribution in [0.1, 0.15) is 53.4 Å². The Labute approximate surface area is 128 Å².